The molecule has 1 aromatic heterocycles. The third-order valence-electron chi connectivity index (χ3n) is 7.24. The van der Waals surface area contributed by atoms with Crippen LogP contribution in [0, 0.1) is 17.8 Å². The zero-order chi connectivity index (χ0) is 21.6. The Morgan fingerprint density at radius 2 is 1.94 bits per heavy atom. The number of carbonyl (C=O) groups is 2. The molecular weight excluding hydrogens is 394 g/mol. The van der Waals surface area contributed by atoms with E-state index in [2.05, 4.69) is 4.98 Å². The average molecular weight is 430 g/mol. The number of amides is 2. The highest BCUT2D eigenvalue weighted by Crippen LogP contribution is 2.36. The van der Waals surface area contributed by atoms with Crippen LogP contribution in [0.1, 0.15) is 37.7 Å². The van der Waals surface area contributed by atoms with Gasteiger partial charge in [-0.1, -0.05) is 0 Å². The lowest BCUT2D eigenvalue weighted by atomic mass is 9.82. The summed E-state index contributed by atoms with van der Waals surface area (Å²) in [5, 5.41) is 0. The molecule has 31 heavy (non-hydrogen) atoms. The van der Waals surface area contributed by atoms with Crippen LogP contribution in [0.2, 0.25) is 0 Å². The first-order valence-corrected chi connectivity index (χ1v) is 11.7. The second-order valence-electron chi connectivity index (χ2n) is 9.31. The van der Waals surface area contributed by atoms with Gasteiger partial charge in [0.25, 0.3) is 0 Å². The van der Waals surface area contributed by atoms with Gasteiger partial charge in [-0.3, -0.25) is 14.6 Å². The Balaban J connectivity index is 1.21. The highest BCUT2D eigenvalue weighted by atomic mass is 16.5. The maximum Gasteiger partial charge on any atom is 0.224 e. The highest BCUT2D eigenvalue weighted by molar-refractivity contribution is 5.77. The molecule has 1 aromatic rings. The van der Waals surface area contributed by atoms with Crippen LogP contribution >= 0.6 is 0 Å². The van der Waals surface area contributed by atoms with Crippen molar-refractivity contribution in [3.8, 4) is 0 Å². The third-order valence-corrected chi connectivity index (χ3v) is 7.24. The Morgan fingerprint density at radius 3 is 2.71 bits per heavy atom. The number of carbonyl (C=O) groups excluding carboxylic acids is 2. The Bertz CT molecular complexity index is 738. The number of ether oxygens (including phenoxy) is 2. The van der Waals surface area contributed by atoms with E-state index < -0.39 is 0 Å². The van der Waals surface area contributed by atoms with Crippen LogP contribution < -0.4 is 0 Å². The van der Waals surface area contributed by atoms with Crippen molar-refractivity contribution < 1.29 is 19.1 Å². The van der Waals surface area contributed by atoms with Gasteiger partial charge < -0.3 is 19.3 Å². The van der Waals surface area contributed by atoms with Gasteiger partial charge in [-0.25, -0.2) is 0 Å². The van der Waals surface area contributed by atoms with E-state index in [0.29, 0.717) is 43.7 Å². The maximum atomic E-state index is 12.8. The molecular formula is C24H35N3O4. The topological polar surface area (TPSA) is 72.0 Å². The first-order valence-electron chi connectivity index (χ1n) is 11.7. The predicted octanol–water partition coefficient (Wildman–Crippen LogP) is 2.15. The molecule has 0 saturated carbocycles. The first-order chi connectivity index (χ1) is 15.1. The Kier molecular flexibility index (Phi) is 7.56. The monoisotopic (exact) mass is 429 g/mol. The van der Waals surface area contributed by atoms with E-state index in [1.165, 1.54) is 5.56 Å². The molecule has 0 radical (unpaired) electrons. The van der Waals surface area contributed by atoms with E-state index in [1.54, 1.807) is 12.4 Å². The number of fused-ring (bicyclic) bond motifs is 1. The van der Waals surface area contributed by atoms with Gasteiger partial charge in [-0.05, 0) is 55.2 Å². The molecule has 0 aliphatic carbocycles. The summed E-state index contributed by atoms with van der Waals surface area (Å²) in [5.41, 5.74) is 1.18. The van der Waals surface area contributed by atoms with Crippen molar-refractivity contribution in [1.29, 1.82) is 0 Å². The lowest BCUT2D eigenvalue weighted by Crippen LogP contribution is -2.45. The molecule has 0 aromatic carbocycles. The molecule has 7 nitrogen and oxygen atoms in total. The van der Waals surface area contributed by atoms with Gasteiger partial charge >= 0.3 is 0 Å². The van der Waals surface area contributed by atoms with Gasteiger partial charge in [-0.15, -0.1) is 0 Å². The molecule has 0 unspecified atom stereocenters. The predicted molar refractivity (Wildman–Crippen MR) is 116 cm³/mol. The summed E-state index contributed by atoms with van der Waals surface area (Å²) in [6.45, 7) is 4.47. The fourth-order valence-electron chi connectivity index (χ4n) is 5.15. The number of likely N-dealkylation sites (tertiary alicyclic amines) is 1. The van der Waals surface area contributed by atoms with Crippen molar-refractivity contribution in [2.75, 3.05) is 46.5 Å². The van der Waals surface area contributed by atoms with E-state index >= 15 is 0 Å². The van der Waals surface area contributed by atoms with Crippen molar-refractivity contribution in [2.24, 2.45) is 17.8 Å². The number of piperidine rings is 1. The third kappa shape index (κ3) is 5.83. The SMILES string of the molecule is CN(CCc1ccncc1)C(=O)C[C@H]1OC[C@@H]2CN(C(=O)CC3CCOCC3)CC[C@H]21. The molecule has 0 N–H and O–H groups in total. The molecule has 3 saturated heterocycles. The van der Waals surface area contributed by atoms with E-state index in [-0.39, 0.29) is 17.9 Å². The van der Waals surface area contributed by atoms with Crippen molar-refractivity contribution in [2.45, 2.75) is 44.6 Å². The summed E-state index contributed by atoms with van der Waals surface area (Å²) in [5.74, 6) is 1.61. The molecule has 3 atom stereocenters. The minimum absolute atomic E-state index is 0.0198. The fraction of sp³-hybridized carbons (Fsp3) is 0.708. The number of rotatable bonds is 7. The van der Waals surface area contributed by atoms with Crippen LogP contribution in [0.5, 0.6) is 0 Å². The summed E-state index contributed by atoms with van der Waals surface area (Å²) in [6, 6.07) is 3.97. The fourth-order valence-corrected chi connectivity index (χ4v) is 5.15. The maximum absolute atomic E-state index is 12.8. The van der Waals surface area contributed by atoms with Crippen LogP contribution in [0.15, 0.2) is 24.5 Å². The van der Waals surface area contributed by atoms with Crippen molar-refractivity contribution in [3.63, 3.8) is 0 Å². The van der Waals surface area contributed by atoms with E-state index in [1.807, 2.05) is 29.0 Å². The lowest BCUT2D eigenvalue weighted by Gasteiger charge is -2.36. The normalized spacial score (nSPS) is 26.5. The summed E-state index contributed by atoms with van der Waals surface area (Å²) in [7, 11) is 1.87. The Hall–Kier alpha value is -1.99. The number of pyridine rings is 1. The van der Waals surface area contributed by atoms with Gasteiger partial charge in [0, 0.05) is 64.6 Å². The first kappa shape index (κ1) is 22.2. The molecule has 3 aliphatic heterocycles. The quantitative estimate of drug-likeness (QED) is 0.664. The number of likely N-dealkylation sites (N-methyl/N-ethyl adjacent to an activating group) is 1. The lowest BCUT2D eigenvalue weighted by molar-refractivity contribution is -0.136. The largest absolute Gasteiger partial charge is 0.381 e. The minimum atomic E-state index is -0.0198. The van der Waals surface area contributed by atoms with E-state index in [4.69, 9.17) is 9.47 Å². The molecule has 170 valence electrons. The molecule has 4 rings (SSSR count). The van der Waals surface area contributed by atoms with Crippen molar-refractivity contribution in [3.05, 3.63) is 30.1 Å². The average Bonchev–Trinajstić information content (AvgIpc) is 3.20. The summed E-state index contributed by atoms with van der Waals surface area (Å²) < 4.78 is 11.5. The number of aromatic nitrogens is 1. The molecule has 7 heteroatoms. The number of hydrogen-bond acceptors (Lipinski definition) is 5. The molecule has 0 bridgehead atoms. The van der Waals surface area contributed by atoms with Gasteiger partial charge in [0.1, 0.15) is 0 Å². The van der Waals surface area contributed by atoms with Crippen LogP contribution in [0.4, 0.5) is 0 Å². The molecule has 3 aliphatic rings. The van der Waals surface area contributed by atoms with Crippen LogP contribution in [0.25, 0.3) is 0 Å². The number of nitrogens with zero attached hydrogens (tertiary/aromatic N) is 3. The van der Waals surface area contributed by atoms with Gasteiger partial charge in [0.05, 0.1) is 19.1 Å². The summed E-state index contributed by atoms with van der Waals surface area (Å²) in [6.07, 6.45) is 8.37. The van der Waals surface area contributed by atoms with Crippen LogP contribution in [-0.4, -0.2) is 79.2 Å². The van der Waals surface area contributed by atoms with E-state index in [0.717, 1.165) is 52.0 Å². The van der Waals surface area contributed by atoms with Crippen LogP contribution in [0.3, 0.4) is 0 Å². The second kappa shape index (κ2) is 10.6. The van der Waals surface area contributed by atoms with Crippen molar-refractivity contribution in [1.82, 2.24) is 14.8 Å². The van der Waals surface area contributed by atoms with E-state index in [9.17, 15) is 9.59 Å². The minimum Gasteiger partial charge on any atom is -0.381 e. The molecule has 4 heterocycles. The molecule has 3 fully saturated rings. The number of hydrogen-bond donors (Lipinski definition) is 0. The smallest absolute Gasteiger partial charge is 0.224 e. The Labute approximate surface area is 185 Å². The van der Waals surface area contributed by atoms with Gasteiger partial charge in [0.15, 0.2) is 0 Å². The highest BCUT2D eigenvalue weighted by Gasteiger charge is 2.42. The zero-order valence-corrected chi connectivity index (χ0v) is 18.6. The second-order valence-corrected chi connectivity index (χ2v) is 9.31. The summed E-state index contributed by atoms with van der Waals surface area (Å²) >= 11 is 0. The molecule has 0 spiro atoms. The summed E-state index contributed by atoms with van der Waals surface area (Å²) in [4.78, 5) is 33.4. The Morgan fingerprint density at radius 1 is 1.16 bits per heavy atom. The molecule has 2 amide bonds. The van der Waals surface area contributed by atoms with Gasteiger partial charge in [0.2, 0.25) is 11.8 Å². The van der Waals surface area contributed by atoms with Crippen molar-refractivity contribution >= 4 is 11.8 Å². The van der Waals surface area contributed by atoms with Gasteiger partial charge in [-0.2, -0.15) is 0 Å². The zero-order valence-electron chi connectivity index (χ0n) is 18.6. The standard InChI is InChI=1S/C24H35N3O4/c1-26(10-4-18-2-8-25-9-3-18)23(28)15-22-21-5-11-27(16-20(21)17-31-22)24(29)14-19-6-12-30-13-7-19/h2-3,8-9,19-22H,4-7,10-17H2,1H3/t20-,21+,22+/m0/s1. The van der Waals surface area contributed by atoms with Crippen LogP contribution in [-0.2, 0) is 25.5 Å².